The van der Waals surface area contributed by atoms with Crippen molar-refractivity contribution >= 4 is 5.71 Å². The standard InChI is InChI=1S/C12H15NO/c1-9-12(2,3)11(14-13-9)10-7-5-4-6-8-10/h4-8,11H,1-3H3. The zero-order valence-corrected chi connectivity index (χ0v) is 8.82. The van der Waals surface area contributed by atoms with E-state index in [1.165, 1.54) is 5.56 Å². The van der Waals surface area contributed by atoms with Crippen LogP contribution in [0.25, 0.3) is 0 Å². The van der Waals surface area contributed by atoms with Crippen molar-refractivity contribution in [3.63, 3.8) is 0 Å². The number of benzene rings is 1. The summed E-state index contributed by atoms with van der Waals surface area (Å²) in [6, 6.07) is 10.2. The molecule has 0 fully saturated rings. The molecule has 0 spiro atoms. The lowest BCUT2D eigenvalue weighted by molar-refractivity contribution is 0.0355. The molecule has 1 aromatic carbocycles. The fourth-order valence-corrected chi connectivity index (χ4v) is 1.68. The SMILES string of the molecule is CC1=NOC(c2ccccc2)C1(C)C. The Morgan fingerprint density at radius 3 is 2.36 bits per heavy atom. The van der Waals surface area contributed by atoms with Gasteiger partial charge in [0.1, 0.15) is 0 Å². The highest BCUT2D eigenvalue weighted by Crippen LogP contribution is 2.42. The molecule has 14 heavy (non-hydrogen) atoms. The predicted octanol–water partition coefficient (Wildman–Crippen LogP) is 3.16. The maximum absolute atomic E-state index is 5.45. The van der Waals surface area contributed by atoms with E-state index in [-0.39, 0.29) is 11.5 Å². The fourth-order valence-electron chi connectivity index (χ4n) is 1.68. The Morgan fingerprint density at radius 1 is 1.21 bits per heavy atom. The van der Waals surface area contributed by atoms with Crippen LogP contribution in [0.5, 0.6) is 0 Å². The predicted molar refractivity (Wildman–Crippen MR) is 57.2 cm³/mol. The second kappa shape index (κ2) is 3.12. The Hall–Kier alpha value is -1.31. The summed E-state index contributed by atoms with van der Waals surface area (Å²) in [6.45, 7) is 6.34. The maximum atomic E-state index is 5.45. The first kappa shape index (κ1) is 9.25. The molecular formula is C12H15NO. The highest BCUT2D eigenvalue weighted by molar-refractivity contribution is 5.88. The van der Waals surface area contributed by atoms with Gasteiger partial charge in [0, 0.05) is 5.41 Å². The van der Waals surface area contributed by atoms with Gasteiger partial charge in [-0.3, -0.25) is 0 Å². The molecule has 1 aromatic rings. The molecule has 2 heteroatoms. The number of rotatable bonds is 1. The Bertz CT molecular complexity index is 354. The van der Waals surface area contributed by atoms with E-state index in [0.29, 0.717) is 0 Å². The molecule has 2 nitrogen and oxygen atoms in total. The lowest BCUT2D eigenvalue weighted by Crippen LogP contribution is -2.24. The van der Waals surface area contributed by atoms with Crippen molar-refractivity contribution in [1.82, 2.24) is 0 Å². The molecule has 0 radical (unpaired) electrons. The van der Waals surface area contributed by atoms with Crippen molar-refractivity contribution < 1.29 is 4.84 Å². The number of hydrogen-bond donors (Lipinski definition) is 0. The summed E-state index contributed by atoms with van der Waals surface area (Å²) >= 11 is 0. The third-order valence-electron chi connectivity index (χ3n) is 2.99. The van der Waals surface area contributed by atoms with Gasteiger partial charge in [0.15, 0.2) is 6.10 Å². The Morgan fingerprint density at radius 2 is 1.86 bits per heavy atom. The summed E-state index contributed by atoms with van der Waals surface area (Å²) in [7, 11) is 0. The molecule has 1 aliphatic heterocycles. The molecule has 0 saturated heterocycles. The minimum atomic E-state index is 0.00134. The Balaban J connectivity index is 2.32. The fraction of sp³-hybridized carbons (Fsp3) is 0.417. The number of oxime groups is 1. The van der Waals surface area contributed by atoms with Crippen LogP contribution in [0.1, 0.15) is 32.4 Å². The quantitative estimate of drug-likeness (QED) is 0.665. The smallest absolute Gasteiger partial charge is 0.162 e. The van der Waals surface area contributed by atoms with E-state index in [1.54, 1.807) is 0 Å². The molecule has 74 valence electrons. The van der Waals surface area contributed by atoms with Crippen LogP contribution in [-0.4, -0.2) is 5.71 Å². The zero-order chi connectivity index (χ0) is 10.2. The second-order valence-corrected chi connectivity index (χ2v) is 4.29. The maximum Gasteiger partial charge on any atom is 0.162 e. The summed E-state index contributed by atoms with van der Waals surface area (Å²) < 4.78 is 0. The minimum Gasteiger partial charge on any atom is -0.387 e. The summed E-state index contributed by atoms with van der Waals surface area (Å²) in [6.07, 6.45) is 0.0590. The van der Waals surface area contributed by atoms with E-state index in [1.807, 2.05) is 25.1 Å². The van der Waals surface area contributed by atoms with E-state index in [0.717, 1.165) is 5.71 Å². The van der Waals surface area contributed by atoms with Crippen molar-refractivity contribution in [1.29, 1.82) is 0 Å². The highest BCUT2D eigenvalue weighted by Gasteiger charge is 2.40. The van der Waals surface area contributed by atoms with Crippen molar-refractivity contribution in [3.8, 4) is 0 Å². The molecule has 0 bridgehead atoms. The topological polar surface area (TPSA) is 21.6 Å². The summed E-state index contributed by atoms with van der Waals surface area (Å²) in [5.74, 6) is 0. The molecular weight excluding hydrogens is 174 g/mol. The lowest BCUT2D eigenvalue weighted by atomic mass is 9.80. The van der Waals surface area contributed by atoms with Crippen molar-refractivity contribution in [2.75, 3.05) is 0 Å². The third kappa shape index (κ3) is 1.31. The van der Waals surface area contributed by atoms with Gasteiger partial charge in [-0.2, -0.15) is 0 Å². The van der Waals surface area contributed by atoms with Crippen LogP contribution in [0.15, 0.2) is 35.5 Å². The third-order valence-corrected chi connectivity index (χ3v) is 2.99. The molecule has 0 aromatic heterocycles. The second-order valence-electron chi connectivity index (χ2n) is 4.29. The van der Waals surface area contributed by atoms with Gasteiger partial charge < -0.3 is 4.84 Å². The molecule has 0 aliphatic carbocycles. The molecule has 0 amide bonds. The highest BCUT2D eigenvalue weighted by atomic mass is 16.6. The molecule has 1 aliphatic rings. The average molecular weight is 189 g/mol. The van der Waals surface area contributed by atoms with Crippen molar-refractivity contribution in [2.45, 2.75) is 26.9 Å². The van der Waals surface area contributed by atoms with Crippen molar-refractivity contribution in [3.05, 3.63) is 35.9 Å². The number of nitrogens with zero attached hydrogens (tertiary/aromatic N) is 1. The lowest BCUT2D eigenvalue weighted by Gasteiger charge is -2.24. The number of hydrogen-bond acceptors (Lipinski definition) is 2. The minimum absolute atomic E-state index is 0.00134. The molecule has 1 unspecified atom stereocenters. The average Bonchev–Trinajstić information content (AvgIpc) is 2.44. The largest absolute Gasteiger partial charge is 0.387 e. The van der Waals surface area contributed by atoms with E-state index >= 15 is 0 Å². The summed E-state index contributed by atoms with van der Waals surface area (Å²) in [4.78, 5) is 5.45. The Kier molecular flexibility index (Phi) is 2.06. The summed E-state index contributed by atoms with van der Waals surface area (Å²) in [5, 5.41) is 4.06. The zero-order valence-electron chi connectivity index (χ0n) is 8.82. The van der Waals surface area contributed by atoms with Gasteiger partial charge in [-0.1, -0.05) is 49.3 Å². The first-order valence-corrected chi connectivity index (χ1v) is 4.88. The first-order valence-electron chi connectivity index (χ1n) is 4.88. The van der Waals surface area contributed by atoms with Crippen LogP contribution < -0.4 is 0 Å². The molecule has 2 rings (SSSR count). The Labute approximate surface area is 84.6 Å². The van der Waals surface area contributed by atoms with Crippen LogP contribution >= 0.6 is 0 Å². The summed E-state index contributed by atoms with van der Waals surface area (Å²) in [5.41, 5.74) is 2.26. The van der Waals surface area contributed by atoms with Gasteiger partial charge in [-0.25, -0.2) is 0 Å². The van der Waals surface area contributed by atoms with Crippen LogP contribution in [0.4, 0.5) is 0 Å². The van der Waals surface area contributed by atoms with E-state index in [2.05, 4.69) is 31.1 Å². The van der Waals surface area contributed by atoms with Crippen LogP contribution in [0.2, 0.25) is 0 Å². The van der Waals surface area contributed by atoms with Gasteiger partial charge in [-0.15, -0.1) is 0 Å². The van der Waals surface area contributed by atoms with Gasteiger partial charge in [0.2, 0.25) is 0 Å². The molecule has 0 N–H and O–H groups in total. The molecule has 0 saturated carbocycles. The molecule has 1 atom stereocenters. The van der Waals surface area contributed by atoms with E-state index < -0.39 is 0 Å². The van der Waals surface area contributed by atoms with Crippen LogP contribution in [0, 0.1) is 5.41 Å². The van der Waals surface area contributed by atoms with Gasteiger partial charge in [-0.05, 0) is 12.5 Å². The van der Waals surface area contributed by atoms with E-state index in [4.69, 9.17) is 4.84 Å². The van der Waals surface area contributed by atoms with Crippen LogP contribution in [-0.2, 0) is 4.84 Å². The van der Waals surface area contributed by atoms with Crippen LogP contribution in [0.3, 0.4) is 0 Å². The van der Waals surface area contributed by atoms with Crippen molar-refractivity contribution in [2.24, 2.45) is 10.6 Å². The van der Waals surface area contributed by atoms with E-state index in [9.17, 15) is 0 Å². The monoisotopic (exact) mass is 189 g/mol. The van der Waals surface area contributed by atoms with Gasteiger partial charge in [0.05, 0.1) is 5.71 Å². The first-order chi connectivity index (χ1) is 6.62. The molecule has 1 heterocycles. The van der Waals surface area contributed by atoms with Gasteiger partial charge >= 0.3 is 0 Å². The van der Waals surface area contributed by atoms with Gasteiger partial charge in [0.25, 0.3) is 0 Å². The normalized spacial score (nSPS) is 24.2.